The van der Waals surface area contributed by atoms with Gasteiger partial charge in [0.15, 0.2) is 0 Å². The third-order valence-electron chi connectivity index (χ3n) is 4.84. The minimum absolute atomic E-state index is 0.413. The fraction of sp³-hybridized carbons (Fsp3) is 0.625. The molecule has 3 heteroatoms. The summed E-state index contributed by atoms with van der Waals surface area (Å²) in [6.45, 7) is 5.08. The second-order valence-corrected chi connectivity index (χ2v) is 6.28. The van der Waals surface area contributed by atoms with E-state index in [9.17, 15) is 0 Å². The Hall–Kier alpha value is -0.570. The van der Waals surface area contributed by atoms with Gasteiger partial charge in [0, 0.05) is 24.1 Å². The Labute approximate surface area is 120 Å². The molecule has 1 aliphatic heterocycles. The van der Waals surface area contributed by atoms with Crippen molar-refractivity contribution in [2.45, 2.75) is 38.2 Å². The van der Waals surface area contributed by atoms with Gasteiger partial charge in [-0.05, 0) is 49.8 Å². The molecule has 1 aromatic carbocycles. The van der Waals surface area contributed by atoms with Crippen molar-refractivity contribution in [3.8, 4) is 0 Å². The lowest BCUT2D eigenvalue weighted by atomic mass is 9.55. The van der Waals surface area contributed by atoms with E-state index in [-0.39, 0.29) is 0 Å². The number of hydrogen-bond acceptors (Lipinski definition) is 2. The molecule has 2 nitrogen and oxygen atoms in total. The van der Waals surface area contributed by atoms with Gasteiger partial charge in [0.1, 0.15) is 0 Å². The molecular weight excluding hydrogens is 258 g/mol. The number of halogens is 1. The van der Waals surface area contributed by atoms with Crippen LogP contribution in [0.3, 0.4) is 0 Å². The SMILES string of the molecule is CCOC1CC2(CCNCC2c2ccccc2Cl)C1. The molecule has 1 N–H and O–H groups in total. The third-order valence-corrected chi connectivity index (χ3v) is 5.18. The van der Waals surface area contributed by atoms with Crippen molar-refractivity contribution in [1.82, 2.24) is 5.32 Å². The molecule has 19 heavy (non-hydrogen) atoms. The zero-order valence-electron chi connectivity index (χ0n) is 11.5. The average molecular weight is 280 g/mol. The lowest BCUT2D eigenvalue weighted by Gasteiger charge is -2.55. The second kappa shape index (κ2) is 5.43. The van der Waals surface area contributed by atoms with Gasteiger partial charge in [-0.25, -0.2) is 0 Å². The van der Waals surface area contributed by atoms with E-state index < -0.39 is 0 Å². The van der Waals surface area contributed by atoms with E-state index in [0.29, 0.717) is 17.4 Å². The van der Waals surface area contributed by atoms with E-state index in [4.69, 9.17) is 16.3 Å². The molecule has 0 aromatic heterocycles. The topological polar surface area (TPSA) is 21.3 Å². The van der Waals surface area contributed by atoms with Crippen LogP contribution in [0.1, 0.15) is 37.7 Å². The quantitative estimate of drug-likeness (QED) is 0.913. The smallest absolute Gasteiger partial charge is 0.0586 e. The van der Waals surface area contributed by atoms with Crippen LogP contribution in [-0.2, 0) is 4.74 Å². The maximum Gasteiger partial charge on any atom is 0.0586 e. The fourth-order valence-corrected chi connectivity index (χ4v) is 4.13. The summed E-state index contributed by atoms with van der Waals surface area (Å²) in [5.41, 5.74) is 1.72. The van der Waals surface area contributed by atoms with Crippen LogP contribution >= 0.6 is 11.6 Å². The molecule has 1 atom stereocenters. The maximum atomic E-state index is 6.40. The van der Waals surface area contributed by atoms with Gasteiger partial charge in [0.25, 0.3) is 0 Å². The molecule has 0 radical (unpaired) electrons. The monoisotopic (exact) mass is 279 g/mol. The largest absolute Gasteiger partial charge is 0.378 e. The minimum Gasteiger partial charge on any atom is -0.378 e. The molecule has 1 aromatic rings. The van der Waals surface area contributed by atoms with E-state index in [1.165, 1.54) is 24.8 Å². The van der Waals surface area contributed by atoms with E-state index in [2.05, 4.69) is 24.4 Å². The first kappa shape index (κ1) is 13.4. The predicted octanol–water partition coefficient (Wildman–Crippen LogP) is 3.60. The Morgan fingerprint density at radius 1 is 1.37 bits per heavy atom. The molecule has 0 bridgehead atoms. The molecule has 1 saturated heterocycles. The van der Waals surface area contributed by atoms with Crippen LogP contribution in [0.15, 0.2) is 24.3 Å². The summed E-state index contributed by atoms with van der Waals surface area (Å²) in [7, 11) is 0. The third kappa shape index (κ3) is 2.42. The van der Waals surface area contributed by atoms with E-state index in [1.807, 2.05) is 12.1 Å². The van der Waals surface area contributed by atoms with Crippen molar-refractivity contribution in [3.05, 3.63) is 34.9 Å². The Morgan fingerprint density at radius 2 is 2.16 bits per heavy atom. The molecule has 1 spiro atoms. The summed E-state index contributed by atoms with van der Waals surface area (Å²) in [5.74, 6) is 0.534. The number of hydrogen-bond donors (Lipinski definition) is 1. The van der Waals surface area contributed by atoms with Gasteiger partial charge in [-0.1, -0.05) is 29.8 Å². The van der Waals surface area contributed by atoms with Crippen LogP contribution in [-0.4, -0.2) is 25.8 Å². The average Bonchev–Trinajstić information content (AvgIpc) is 2.39. The van der Waals surface area contributed by atoms with Crippen LogP contribution in [0.25, 0.3) is 0 Å². The first-order chi connectivity index (χ1) is 9.25. The Balaban J connectivity index is 1.81. The van der Waals surface area contributed by atoms with Gasteiger partial charge >= 0.3 is 0 Å². The van der Waals surface area contributed by atoms with Gasteiger partial charge in [-0.2, -0.15) is 0 Å². The Morgan fingerprint density at radius 3 is 2.89 bits per heavy atom. The maximum absolute atomic E-state index is 6.40. The summed E-state index contributed by atoms with van der Waals surface area (Å²) in [5, 5.41) is 4.44. The molecule has 2 aliphatic rings. The van der Waals surface area contributed by atoms with Gasteiger partial charge in [0.2, 0.25) is 0 Å². The number of piperidine rings is 1. The molecule has 104 valence electrons. The van der Waals surface area contributed by atoms with E-state index >= 15 is 0 Å². The molecule has 1 aliphatic carbocycles. The highest BCUT2D eigenvalue weighted by atomic mass is 35.5. The Bertz CT molecular complexity index is 442. The van der Waals surface area contributed by atoms with Crippen molar-refractivity contribution >= 4 is 11.6 Å². The zero-order valence-corrected chi connectivity index (χ0v) is 12.2. The van der Waals surface area contributed by atoms with Crippen molar-refractivity contribution < 1.29 is 4.74 Å². The fourth-order valence-electron chi connectivity index (χ4n) is 3.86. The molecule has 1 heterocycles. The van der Waals surface area contributed by atoms with Gasteiger partial charge in [-0.15, -0.1) is 0 Å². The van der Waals surface area contributed by atoms with Crippen molar-refractivity contribution in [1.29, 1.82) is 0 Å². The summed E-state index contributed by atoms with van der Waals surface area (Å²) in [4.78, 5) is 0. The number of benzene rings is 1. The molecule has 1 unspecified atom stereocenters. The van der Waals surface area contributed by atoms with Crippen molar-refractivity contribution in [3.63, 3.8) is 0 Å². The molecule has 3 rings (SSSR count). The van der Waals surface area contributed by atoms with Crippen LogP contribution in [0.2, 0.25) is 5.02 Å². The van der Waals surface area contributed by atoms with E-state index in [0.717, 1.165) is 24.7 Å². The van der Waals surface area contributed by atoms with Crippen molar-refractivity contribution in [2.24, 2.45) is 5.41 Å². The molecular formula is C16H22ClNO. The summed E-state index contributed by atoms with van der Waals surface area (Å²) >= 11 is 6.40. The number of rotatable bonds is 3. The van der Waals surface area contributed by atoms with E-state index in [1.54, 1.807) is 0 Å². The highest BCUT2D eigenvalue weighted by Gasteiger charge is 2.51. The molecule has 1 saturated carbocycles. The highest BCUT2D eigenvalue weighted by molar-refractivity contribution is 6.31. The van der Waals surface area contributed by atoms with Crippen LogP contribution in [0.5, 0.6) is 0 Å². The number of nitrogens with one attached hydrogen (secondary N) is 1. The Kier molecular flexibility index (Phi) is 3.84. The standard InChI is InChI=1S/C16H22ClNO/c1-2-19-12-9-16(10-12)7-8-18-11-14(16)13-5-3-4-6-15(13)17/h3-6,12,14,18H,2,7-11H2,1H3. The predicted molar refractivity (Wildman–Crippen MR) is 78.8 cm³/mol. The van der Waals surface area contributed by atoms with Gasteiger partial charge in [-0.3, -0.25) is 0 Å². The molecule has 2 fully saturated rings. The first-order valence-corrected chi connectivity index (χ1v) is 7.70. The summed E-state index contributed by atoms with van der Waals surface area (Å²) in [6.07, 6.45) is 4.09. The zero-order chi connectivity index (χ0) is 13.3. The van der Waals surface area contributed by atoms with Gasteiger partial charge in [0.05, 0.1) is 6.10 Å². The van der Waals surface area contributed by atoms with Crippen molar-refractivity contribution in [2.75, 3.05) is 19.7 Å². The summed E-state index contributed by atoms with van der Waals surface area (Å²) < 4.78 is 5.77. The minimum atomic E-state index is 0.413. The number of ether oxygens (including phenoxy) is 1. The highest BCUT2D eigenvalue weighted by Crippen LogP contribution is 2.56. The van der Waals surface area contributed by atoms with Crippen LogP contribution < -0.4 is 5.32 Å². The molecule has 0 amide bonds. The van der Waals surface area contributed by atoms with Crippen LogP contribution in [0.4, 0.5) is 0 Å². The first-order valence-electron chi connectivity index (χ1n) is 7.32. The lowest BCUT2D eigenvalue weighted by Crippen LogP contribution is -2.53. The lowest BCUT2D eigenvalue weighted by molar-refractivity contribution is -0.0995. The van der Waals surface area contributed by atoms with Crippen LogP contribution in [0, 0.1) is 5.41 Å². The summed E-state index contributed by atoms with van der Waals surface area (Å²) in [6, 6.07) is 8.31. The second-order valence-electron chi connectivity index (χ2n) is 5.88. The normalized spacial score (nSPS) is 34.2. The van der Waals surface area contributed by atoms with Gasteiger partial charge < -0.3 is 10.1 Å².